The highest BCUT2D eigenvalue weighted by Crippen LogP contribution is 2.34. The van der Waals surface area contributed by atoms with E-state index in [1.165, 1.54) is 27.6 Å². The van der Waals surface area contributed by atoms with Crippen LogP contribution >= 0.6 is 0 Å². The average Bonchev–Trinajstić information content (AvgIpc) is 3.11. The molecule has 1 heterocycles. The van der Waals surface area contributed by atoms with E-state index in [0.717, 1.165) is 25.8 Å². The summed E-state index contributed by atoms with van der Waals surface area (Å²) in [5.74, 6) is 0.173. The zero-order chi connectivity index (χ0) is 18.4. The van der Waals surface area contributed by atoms with Gasteiger partial charge in [-0.1, -0.05) is 68.8 Å². The number of nitrogens with one attached hydrogen (secondary N) is 2. The van der Waals surface area contributed by atoms with Crippen molar-refractivity contribution in [1.29, 1.82) is 0 Å². The van der Waals surface area contributed by atoms with Crippen LogP contribution in [0.2, 0.25) is 0 Å². The standard InChI is InChI=1S/C23H28N2O/c1-3-5-14-24-22(26)15-20(18-10-7-6-8-11-18)21-16-25-23-17(4-2)12-9-13-19(21)23/h6-13,16,20,25H,3-5,14-15H2,1-2H3,(H,24,26). The van der Waals surface area contributed by atoms with Crippen LogP contribution in [0.15, 0.2) is 54.7 Å². The van der Waals surface area contributed by atoms with Crippen molar-refractivity contribution in [3.05, 3.63) is 71.4 Å². The third-order valence-electron chi connectivity index (χ3n) is 5.03. The van der Waals surface area contributed by atoms with Gasteiger partial charge in [-0.3, -0.25) is 4.79 Å². The quantitative estimate of drug-likeness (QED) is 0.542. The maximum Gasteiger partial charge on any atom is 0.220 e. The van der Waals surface area contributed by atoms with E-state index in [-0.39, 0.29) is 11.8 Å². The van der Waals surface area contributed by atoms with Crippen molar-refractivity contribution in [2.24, 2.45) is 0 Å². The molecule has 3 rings (SSSR count). The smallest absolute Gasteiger partial charge is 0.220 e. The topological polar surface area (TPSA) is 44.9 Å². The van der Waals surface area contributed by atoms with Crippen LogP contribution in [0.5, 0.6) is 0 Å². The molecule has 0 aliphatic carbocycles. The van der Waals surface area contributed by atoms with E-state index < -0.39 is 0 Å². The van der Waals surface area contributed by atoms with Gasteiger partial charge in [-0.2, -0.15) is 0 Å². The third kappa shape index (κ3) is 3.98. The van der Waals surface area contributed by atoms with Gasteiger partial charge in [0.05, 0.1) is 0 Å². The molecule has 1 amide bonds. The number of H-pyrrole nitrogens is 1. The highest BCUT2D eigenvalue weighted by atomic mass is 16.1. The average molecular weight is 348 g/mol. The summed E-state index contributed by atoms with van der Waals surface area (Å²) in [6.45, 7) is 5.06. The molecule has 1 unspecified atom stereocenters. The van der Waals surface area contributed by atoms with Gasteiger partial charge in [0, 0.05) is 36.0 Å². The van der Waals surface area contributed by atoms with Gasteiger partial charge in [-0.15, -0.1) is 0 Å². The number of carbonyl (C=O) groups is 1. The van der Waals surface area contributed by atoms with Gasteiger partial charge in [0.1, 0.15) is 0 Å². The molecule has 0 aliphatic rings. The number of unbranched alkanes of at least 4 members (excludes halogenated alkanes) is 1. The summed E-state index contributed by atoms with van der Waals surface area (Å²) < 4.78 is 0. The van der Waals surface area contributed by atoms with Gasteiger partial charge >= 0.3 is 0 Å². The van der Waals surface area contributed by atoms with Crippen molar-refractivity contribution in [3.8, 4) is 0 Å². The lowest BCUT2D eigenvalue weighted by molar-refractivity contribution is -0.121. The fraction of sp³-hybridized carbons (Fsp3) is 0.348. The number of benzene rings is 2. The Balaban J connectivity index is 1.95. The summed E-state index contributed by atoms with van der Waals surface area (Å²) in [6, 6.07) is 16.8. The molecule has 136 valence electrons. The first kappa shape index (κ1) is 18.2. The predicted molar refractivity (Wildman–Crippen MR) is 108 cm³/mol. The van der Waals surface area contributed by atoms with Gasteiger partial charge in [0.2, 0.25) is 5.91 Å². The third-order valence-corrected chi connectivity index (χ3v) is 5.03. The van der Waals surface area contributed by atoms with Crippen molar-refractivity contribution in [1.82, 2.24) is 10.3 Å². The summed E-state index contributed by atoms with van der Waals surface area (Å²) in [4.78, 5) is 16.0. The minimum Gasteiger partial charge on any atom is -0.361 e. The fourth-order valence-corrected chi connectivity index (χ4v) is 3.58. The lowest BCUT2D eigenvalue weighted by Crippen LogP contribution is -2.26. The van der Waals surface area contributed by atoms with Crippen LogP contribution in [0.4, 0.5) is 0 Å². The number of carbonyl (C=O) groups excluding carboxylic acids is 1. The molecule has 0 spiro atoms. The highest BCUT2D eigenvalue weighted by molar-refractivity contribution is 5.88. The van der Waals surface area contributed by atoms with Gasteiger partial charge in [0.15, 0.2) is 0 Å². The second-order valence-electron chi connectivity index (χ2n) is 6.81. The van der Waals surface area contributed by atoms with Gasteiger partial charge < -0.3 is 10.3 Å². The molecule has 3 heteroatoms. The largest absolute Gasteiger partial charge is 0.361 e. The number of aryl methyl sites for hydroxylation is 1. The number of hydrogen-bond acceptors (Lipinski definition) is 1. The summed E-state index contributed by atoms with van der Waals surface area (Å²) in [7, 11) is 0. The maximum absolute atomic E-state index is 12.5. The first-order valence-electron chi connectivity index (χ1n) is 9.65. The van der Waals surface area contributed by atoms with Crippen molar-refractivity contribution in [2.75, 3.05) is 6.54 Å². The molecule has 26 heavy (non-hydrogen) atoms. The Kier molecular flexibility index (Phi) is 6.11. The van der Waals surface area contributed by atoms with E-state index in [2.05, 4.69) is 60.7 Å². The minimum absolute atomic E-state index is 0.0543. The van der Waals surface area contributed by atoms with Crippen LogP contribution in [-0.4, -0.2) is 17.4 Å². The molecule has 3 nitrogen and oxygen atoms in total. The fourth-order valence-electron chi connectivity index (χ4n) is 3.58. The van der Waals surface area contributed by atoms with Crippen LogP contribution in [0.1, 0.15) is 55.7 Å². The summed E-state index contributed by atoms with van der Waals surface area (Å²) in [6.07, 6.45) is 5.65. The van der Waals surface area contributed by atoms with Crippen molar-refractivity contribution in [2.45, 2.75) is 45.4 Å². The Labute approximate surface area is 155 Å². The van der Waals surface area contributed by atoms with E-state index in [1.807, 2.05) is 18.2 Å². The molecule has 2 aromatic carbocycles. The zero-order valence-electron chi connectivity index (χ0n) is 15.7. The highest BCUT2D eigenvalue weighted by Gasteiger charge is 2.21. The Morgan fingerprint density at radius 2 is 1.88 bits per heavy atom. The Morgan fingerprint density at radius 3 is 2.62 bits per heavy atom. The summed E-state index contributed by atoms with van der Waals surface area (Å²) in [5, 5.41) is 4.29. The number of aromatic nitrogens is 1. The molecular formula is C23H28N2O. The number of amides is 1. The van der Waals surface area contributed by atoms with Crippen LogP contribution in [0, 0.1) is 0 Å². The monoisotopic (exact) mass is 348 g/mol. The van der Waals surface area contributed by atoms with Crippen LogP contribution < -0.4 is 5.32 Å². The number of para-hydroxylation sites is 1. The minimum atomic E-state index is 0.0543. The molecule has 1 atom stereocenters. The predicted octanol–water partition coefficient (Wildman–Crippen LogP) is 5.17. The molecule has 1 aromatic heterocycles. The second-order valence-corrected chi connectivity index (χ2v) is 6.81. The molecule has 0 radical (unpaired) electrons. The lowest BCUT2D eigenvalue weighted by atomic mass is 9.87. The molecule has 0 aliphatic heterocycles. The van der Waals surface area contributed by atoms with Gasteiger partial charge in [-0.25, -0.2) is 0 Å². The molecule has 0 saturated carbocycles. The first-order valence-corrected chi connectivity index (χ1v) is 9.65. The molecule has 0 fully saturated rings. The number of hydrogen-bond donors (Lipinski definition) is 2. The molecular weight excluding hydrogens is 320 g/mol. The van der Waals surface area contributed by atoms with Gasteiger partial charge in [0.25, 0.3) is 0 Å². The van der Waals surface area contributed by atoms with Crippen molar-refractivity contribution >= 4 is 16.8 Å². The van der Waals surface area contributed by atoms with E-state index in [0.29, 0.717) is 6.42 Å². The summed E-state index contributed by atoms with van der Waals surface area (Å²) in [5.41, 5.74) is 4.89. The van der Waals surface area contributed by atoms with Gasteiger partial charge in [-0.05, 0) is 29.5 Å². The van der Waals surface area contributed by atoms with Crippen LogP contribution in [-0.2, 0) is 11.2 Å². The van der Waals surface area contributed by atoms with Crippen LogP contribution in [0.25, 0.3) is 10.9 Å². The van der Waals surface area contributed by atoms with E-state index in [1.54, 1.807) is 0 Å². The van der Waals surface area contributed by atoms with Crippen molar-refractivity contribution < 1.29 is 4.79 Å². The Bertz CT molecular complexity index is 851. The first-order chi connectivity index (χ1) is 12.7. The normalized spacial score (nSPS) is 12.2. The van der Waals surface area contributed by atoms with E-state index in [4.69, 9.17) is 0 Å². The molecule has 0 bridgehead atoms. The SMILES string of the molecule is CCCCNC(=O)CC(c1ccccc1)c1c[nH]c2c(CC)cccc12. The number of fused-ring (bicyclic) bond motifs is 1. The lowest BCUT2D eigenvalue weighted by Gasteiger charge is -2.17. The Hall–Kier alpha value is -2.55. The number of rotatable bonds is 8. The van der Waals surface area contributed by atoms with Crippen molar-refractivity contribution in [3.63, 3.8) is 0 Å². The zero-order valence-corrected chi connectivity index (χ0v) is 15.7. The number of aromatic amines is 1. The van der Waals surface area contributed by atoms with Crippen LogP contribution in [0.3, 0.4) is 0 Å². The summed E-state index contributed by atoms with van der Waals surface area (Å²) >= 11 is 0. The molecule has 3 aromatic rings. The second kappa shape index (κ2) is 8.70. The molecule has 0 saturated heterocycles. The molecule has 2 N–H and O–H groups in total. The van der Waals surface area contributed by atoms with E-state index in [9.17, 15) is 4.79 Å². The Morgan fingerprint density at radius 1 is 1.08 bits per heavy atom. The maximum atomic E-state index is 12.5. The van der Waals surface area contributed by atoms with E-state index >= 15 is 0 Å².